The van der Waals surface area contributed by atoms with Gasteiger partial charge in [0.2, 0.25) is 0 Å². The molecule has 1 fully saturated rings. The first-order chi connectivity index (χ1) is 13.1. The van der Waals surface area contributed by atoms with Gasteiger partial charge in [-0.15, -0.1) is 0 Å². The Balaban J connectivity index is 1.42. The molecule has 0 radical (unpaired) electrons. The van der Waals surface area contributed by atoms with E-state index in [9.17, 15) is 9.59 Å². The minimum atomic E-state index is -0.344. The van der Waals surface area contributed by atoms with E-state index in [0.29, 0.717) is 11.1 Å². The molecule has 0 unspecified atom stereocenters. The first-order valence-corrected chi connectivity index (χ1v) is 9.23. The van der Waals surface area contributed by atoms with Crippen molar-refractivity contribution in [3.63, 3.8) is 0 Å². The van der Waals surface area contributed by atoms with Crippen LogP contribution in [0.5, 0.6) is 0 Å². The first kappa shape index (κ1) is 17.3. The fourth-order valence-corrected chi connectivity index (χ4v) is 3.58. The number of fused-ring (bicyclic) bond motifs is 1. The number of likely N-dealkylation sites (tertiary alicyclic amines) is 1. The molecular formula is C22H22N2O3. The van der Waals surface area contributed by atoms with Crippen LogP contribution in [-0.2, 0) is 18.4 Å². The minimum Gasteiger partial charge on any atom is -0.457 e. The quantitative estimate of drug-likeness (QED) is 0.664. The van der Waals surface area contributed by atoms with Crippen molar-refractivity contribution in [2.24, 2.45) is 7.05 Å². The number of esters is 1. The molecule has 1 amide bonds. The largest absolute Gasteiger partial charge is 0.457 e. The average molecular weight is 362 g/mol. The number of nitrogens with zero attached hydrogens (tertiary/aromatic N) is 2. The molecule has 5 heteroatoms. The molecule has 5 nitrogen and oxygen atoms in total. The molecule has 1 aromatic heterocycles. The number of carbonyl (C=O) groups excluding carboxylic acids is 2. The Morgan fingerprint density at radius 3 is 2.44 bits per heavy atom. The predicted molar refractivity (Wildman–Crippen MR) is 104 cm³/mol. The monoisotopic (exact) mass is 362 g/mol. The van der Waals surface area contributed by atoms with E-state index < -0.39 is 0 Å². The summed E-state index contributed by atoms with van der Waals surface area (Å²) < 4.78 is 7.41. The fraction of sp³-hybridized carbons (Fsp3) is 0.273. The van der Waals surface area contributed by atoms with Crippen LogP contribution >= 0.6 is 0 Å². The van der Waals surface area contributed by atoms with E-state index in [1.165, 1.54) is 0 Å². The lowest BCUT2D eigenvalue weighted by molar-refractivity contribution is 0.0474. The molecule has 27 heavy (non-hydrogen) atoms. The van der Waals surface area contributed by atoms with Gasteiger partial charge in [0.25, 0.3) is 5.91 Å². The van der Waals surface area contributed by atoms with Gasteiger partial charge in [-0.3, -0.25) is 4.79 Å². The number of hydrogen-bond donors (Lipinski definition) is 0. The van der Waals surface area contributed by atoms with E-state index in [-0.39, 0.29) is 18.5 Å². The Kier molecular flexibility index (Phi) is 4.67. The fourth-order valence-electron chi connectivity index (χ4n) is 3.58. The maximum absolute atomic E-state index is 12.5. The Hall–Kier alpha value is -3.08. The third-order valence-electron chi connectivity index (χ3n) is 5.08. The van der Waals surface area contributed by atoms with Crippen LogP contribution in [0, 0.1) is 0 Å². The molecule has 0 spiro atoms. The minimum absolute atomic E-state index is 0.0757. The molecule has 4 rings (SSSR count). The van der Waals surface area contributed by atoms with Crippen LogP contribution in [-0.4, -0.2) is 34.4 Å². The van der Waals surface area contributed by atoms with Gasteiger partial charge in [0.1, 0.15) is 6.61 Å². The summed E-state index contributed by atoms with van der Waals surface area (Å²) in [5.74, 6) is -0.268. The molecule has 0 aliphatic carbocycles. The van der Waals surface area contributed by atoms with Gasteiger partial charge in [0, 0.05) is 42.8 Å². The van der Waals surface area contributed by atoms with Crippen molar-refractivity contribution in [3.05, 3.63) is 71.4 Å². The Morgan fingerprint density at radius 2 is 1.70 bits per heavy atom. The van der Waals surface area contributed by atoms with Crippen molar-refractivity contribution in [1.29, 1.82) is 0 Å². The first-order valence-electron chi connectivity index (χ1n) is 9.23. The number of ether oxygens (including phenoxy) is 1. The molecule has 2 heterocycles. The molecule has 138 valence electrons. The van der Waals surface area contributed by atoms with Gasteiger partial charge < -0.3 is 14.2 Å². The molecule has 1 saturated heterocycles. The van der Waals surface area contributed by atoms with Gasteiger partial charge in [-0.1, -0.05) is 30.3 Å². The number of aromatic nitrogens is 1. The van der Waals surface area contributed by atoms with Gasteiger partial charge in [-0.2, -0.15) is 0 Å². The SMILES string of the molecule is Cn1cc(C(=O)OCc2ccc(C(=O)N3CCCC3)cc2)c2ccccc21. The van der Waals surface area contributed by atoms with Crippen molar-refractivity contribution < 1.29 is 14.3 Å². The van der Waals surface area contributed by atoms with E-state index in [1.54, 1.807) is 6.20 Å². The van der Waals surface area contributed by atoms with Crippen LogP contribution in [0.25, 0.3) is 10.9 Å². The summed E-state index contributed by atoms with van der Waals surface area (Å²) in [5.41, 5.74) is 3.10. The molecule has 2 aromatic carbocycles. The van der Waals surface area contributed by atoms with Gasteiger partial charge in [0.15, 0.2) is 0 Å². The normalized spacial score (nSPS) is 13.9. The molecule has 0 bridgehead atoms. The maximum Gasteiger partial charge on any atom is 0.340 e. The third kappa shape index (κ3) is 3.45. The third-order valence-corrected chi connectivity index (χ3v) is 5.08. The average Bonchev–Trinajstić information content (AvgIpc) is 3.35. The van der Waals surface area contributed by atoms with E-state index in [2.05, 4.69) is 0 Å². The topological polar surface area (TPSA) is 51.5 Å². The van der Waals surface area contributed by atoms with Crippen LogP contribution in [0.3, 0.4) is 0 Å². The van der Waals surface area contributed by atoms with Crippen LogP contribution in [0.1, 0.15) is 39.1 Å². The zero-order valence-corrected chi connectivity index (χ0v) is 15.4. The number of amides is 1. The molecular weight excluding hydrogens is 340 g/mol. The van der Waals surface area contributed by atoms with Gasteiger partial charge >= 0.3 is 5.97 Å². The molecule has 0 N–H and O–H groups in total. The van der Waals surface area contributed by atoms with Crippen LogP contribution in [0.15, 0.2) is 54.7 Å². The second-order valence-electron chi connectivity index (χ2n) is 6.94. The predicted octanol–water partition coefficient (Wildman–Crippen LogP) is 3.77. The summed E-state index contributed by atoms with van der Waals surface area (Å²) >= 11 is 0. The summed E-state index contributed by atoms with van der Waals surface area (Å²) in [6, 6.07) is 15.1. The van der Waals surface area contributed by atoms with Gasteiger partial charge in [0.05, 0.1) is 5.56 Å². The summed E-state index contributed by atoms with van der Waals surface area (Å²) in [4.78, 5) is 26.8. The van der Waals surface area contributed by atoms with Crippen molar-refractivity contribution in [3.8, 4) is 0 Å². The zero-order valence-electron chi connectivity index (χ0n) is 15.4. The summed E-state index contributed by atoms with van der Waals surface area (Å²) in [6.07, 6.45) is 3.95. The number of carbonyl (C=O) groups is 2. The molecule has 1 aliphatic rings. The van der Waals surface area contributed by atoms with Gasteiger partial charge in [-0.25, -0.2) is 4.79 Å². The second kappa shape index (κ2) is 7.27. The molecule has 3 aromatic rings. The Morgan fingerprint density at radius 1 is 1.00 bits per heavy atom. The van der Waals surface area contributed by atoms with E-state index in [0.717, 1.165) is 42.4 Å². The van der Waals surface area contributed by atoms with Crippen molar-refractivity contribution in [1.82, 2.24) is 9.47 Å². The molecule has 0 atom stereocenters. The van der Waals surface area contributed by atoms with Crippen LogP contribution < -0.4 is 0 Å². The highest BCUT2D eigenvalue weighted by atomic mass is 16.5. The highest BCUT2D eigenvalue weighted by molar-refractivity contribution is 6.04. The standard InChI is InChI=1S/C22H22N2O3/c1-23-14-19(18-6-2-3-7-20(18)23)22(26)27-15-16-8-10-17(11-9-16)21(25)24-12-4-5-13-24/h2-3,6-11,14H,4-5,12-13,15H2,1H3. The lowest BCUT2D eigenvalue weighted by Gasteiger charge is -2.15. The number of benzene rings is 2. The Bertz CT molecular complexity index is 982. The van der Waals surface area contributed by atoms with Crippen molar-refractivity contribution in [2.75, 3.05) is 13.1 Å². The lowest BCUT2D eigenvalue weighted by atomic mass is 10.1. The van der Waals surface area contributed by atoms with Crippen LogP contribution in [0.2, 0.25) is 0 Å². The van der Waals surface area contributed by atoms with Crippen molar-refractivity contribution >= 4 is 22.8 Å². The number of aryl methyl sites for hydroxylation is 1. The molecule has 1 aliphatic heterocycles. The number of para-hydroxylation sites is 1. The summed E-state index contributed by atoms with van der Waals surface area (Å²) in [5, 5.41) is 0.886. The summed E-state index contributed by atoms with van der Waals surface area (Å²) in [7, 11) is 1.91. The van der Waals surface area contributed by atoms with E-state index in [1.807, 2.05) is 65.0 Å². The Labute approximate surface area is 158 Å². The summed E-state index contributed by atoms with van der Waals surface area (Å²) in [6.45, 7) is 1.85. The highest BCUT2D eigenvalue weighted by Crippen LogP contribution is 2.21. The second-order valence-corrected chi connectivity index (χ2v) is 6.94. The van der Waals surface area contributed by atoms with E-state index in [4.69, 9.17) is 4.74 Å². The lowest BCUT2D eigenvalue weighted by Crippen LogP contribution is -2.27. The highest BCUT2D eigenvalue weighted by Gasteiger charge is 2.19. The maximum atomic E-state index is 12.5. The smallest absolute Gasteiger partial charge is 0.340 e. The zero-order chi connectivity index (χ0) is 18.8. The molecule has 0 saturated carbocycles. The van der Waals surface area contributed by atoms with E-state index >= 15 is 0 Å². The van der Waals surface area contributed by atoms with Crippen LogP contribution in [0.4, 0.5) is 0 Å². The number of hydrogen-bond acceptors (Lipinski definition) is 3. The van der Waals surface area contributed by atoms with Crippen molar-refractivity contribution in [2.45, 2.75) is 19.4 Å². The van der Waals surface area contributed by atoms with Gasteiger partial charge in [-0.05, 0) is 36.6 Å². The number of rotatable bonds is 4.